The normalized spacial score (nSPS) is 10.1. The molecule has 2 aromatic heterocycles. The molecule has 0 aromatic carbocycles. The molecule has 0 aliphatic carbocycles. The van der Waals surface area contributed by atoms with Crippen molar-refractivity contribution in [1.82, 2.24) is 9.97 Å². The van der Waals surface area contributed by atoms with Crippen LogP contribution in [0.3, 0.4) is 0 Å². The van der Waals surface area contributed by atoms with Gasteiger partial charge in [-0.05, 0) is 25.1 Å². The van der Waals surface area contributed by atoms with Gasteiger partial charge in [-0.3, -0.25) is 9.78 Å². The molecule has 0 spiro atoms. The second kappa shape index (κ2) is 4.79. The Morgan fingerprint density at radius 1 is 1.44 bits per heavy atom. The minimum atomic E-state index is -0.593. The van der Waals surface area contributed by atoms with Crippen molar-refractivity contribution in [3.8, 4) is 0 Å². The number of nitrogen functional groups attached to an aromatic ring is 1. The highest BCUT2D eigenvalue weighted by Gasteiger charge is 2.10. The molecule has 0 bridgehead atoms. The van der Waals surface area contributed by atoms with Crippen molar-refractivity contribution in [2.45, 2.75) is 6.92 Å². The van der Waals surface area contributed by atoms with E-state index in [0.29, 0.717) is 11.3 Å². The van der Waals surface area contributed by atoms with E-state index < -0.39 is 11.7 Å². The third kappa shape index (κ3) is 2.60. The largest absolute Gasteiger partial charge is 0.384 e. The van der Waals surface area contributed by atoms with Gasteiger partial charge in [0, 0.05) is 17.5 Å². The fraction of sp³-hybridized carbons (Fsp3) is 0.0833. The summed E-state index contributed by atoms with van der Waals surface area (Å²) in [4.78, 5) is 19.4. The summed E-state index contributed by atoms with van der Waals surface area (Å²) in [5, 5.41) is 2.44. The van der Waals surface area contributed by atoms with Gasteiger partial charge < -0.3 is 11.1 Å². The van der Waals surface area contributed by atoms with E-state index in [1.165, 1.54) is 18.3 Å². The smallest absolute Gasteiger partial charge is 0.255 e. The lowest BCUT2D eigenvalue weighted by molar-refractivity contribution is 0.102. The molecule has 2 rings (SSSR count). The van der Waals surface area contributed by atoms with Crippen molar-refractivity contribution in [3.05, 3.63) is 47.7 Å². The monoisotopic (exact) mass is 246 g/mol. The van der Waals surface area contributed by atoms with Gasteiger partial charge in [0.25, 0.3) is 5.91 Å². The Hall–Kier alpha value is -2.50. The van der Waals surface area contributed by atoms with Gasteiger partial charge in [-0.25, -0.2) is 9.37 Å². The SMILES string of the molecule is Cc1cc(C(=O)Nc2ccncc2F)cc(N)n1. The number of halogens is 1. The highest BCUT2D eigenvalue weighted by molar-refractivity contribution is 6.04. The van der Waals surface area contributed by atoms with Crippen molar-refractivity contribution in [1.29, 1.82) is 0 Å². The number of nitrogens with one attached hydrogen (secondary N) is 1. The van der Waals surface area contributed by atoms with Crippen LogP contribution in [0.4, 0.5) is 15.9 Å². The second-order valence-electron chi connectivity index (χ2n) is 3.73. The number of nitrogens with two attached hydrogens (primary N) is 1. The number of carbonyl (C=O) groups is 1. The van der Waals surface area contributed by atoms with E-state index >= 15 is 0 Å². The molecule has 0 aliphatic rings. The maximum atomic E-state index is 13.3. The van der Waals surface area contributed by atoms with Crippen LogP contribution in [-0.2, 0) is 0 Å². The zero-order valence-corrected chi connectivity index (χ0v) is 9.64. The first-order valence-corrected chi connectivity index (χ1v) is 5.21. The maximum Gasteiger partial charge on any atom is 0.255 e. The minimum Gasteiger partial charge on any atom is -0.384 e. The van der Waals surface area contributed by atoms with E-state index in [1.54, 1.807) is 13.0 Å². The number of nitrogens with zero attached hydrogens (tertiary/aromatic N) is 2. The summed E-state index contributed by atoms with van der Waals surface area (Å²) in [5.41, 5.74) is 6.57. The second-order valence-corrected chi connectivity index (χ2v) is 3.73. The van der Waals surface area contributed by atoms with E-state index in [0.717, 1.165) is 6.20 Å². The number of pyridine rings is 2. The summed E-state index contributed by atoms with van der Waals surface area (Å²) in [6, 6.07) is 4.39. The predicted molar refractivity (Wildman–Crippen MR) is 65.5 cm³/mol. The zero-order chi connectivity index (χ0) is 13.1. The zero-order valence-electron chi connectivity index (χ0n) is 9.64. The molecule has 2 heterocycles. The Bertz CT molecular complexity index is 580. The highest BCUT2D eigenvalue weighted by Crippen LogP contribution is 2.14. The number of hydrogen-bond donors (Lipinski definition) is 2. The third-order valence-corrected chi connectivity index (χ3v) is 2.26. The molecule has 0 saturated carbocycles. The van der Waals surface area contributed by atoms with Crippen LogP contribution in [0.1, 0.15) is 16.1 Å². The third-order valence-electron chi connectivity index (χ3n) is 2.26. The van der Waals surface area contributed by atoms with E-state index in [4.69, 9.17) is 5.73 Å². The van der Waals surface area contributed by atoms with Crippen molar-refractivity contribution < 1.29 is 9.18 Å². The van der Waals surface area contributed by atoms with E-state index in [2.05, 4.69) is 15.3 Å². The Labute approximate surface area is 103 Å². The van der Waals surface area contributed by atoms with E-state index in [1.807, 2.05) is 0 Å². The average Bonchev–Trinajstić information content (AvgIpc) is 2.31. The van der Waals surface area contributed by atoms with Crippen LogP contribution in [0.2, 0.25) is 0 Å². The first kappa shape index (κ1) is 12.0. The van der Waals surface area contributed by atoms with Crippen molar-refractivity contribution in [2.75, 3.05) is 11.1 Å². The van der Waals surface area contributed by atoms with Crippen molar-refractivity contribution in [2.24, 2.45) is 0 Å². The van der Waals surface area contributed by atoms with Crippen LogP contribution >= 0.6 is 0 Å². The predicted octanol–water partition coefficient (Wildman–Crippen LogP) is 1.76. The molecule has 1 amide bonds. The Morgan fingerprint density at radius 3 is 2.89 bits per heavy atom. The van der Waals surface area contributed by atoms with Crippen molar-refractivity contribution in [3.63, 3.8) is 0 Å². The molecule has 92 valence electrons. The molecule has 6 heteroatoms. The van der Waals surface area contributed by atoms with Gasteiger partial charge in [-0.15, -0.1) is 0 Å². The molecule has 3 N–H and O–H groups in total. The quantitative estimate of drug-likeness (QED) is 0.846. The average molecular weight is 246 g/mol. The number of rotatable bonds is 2. The number of aryl methyl sites for hydroxylation is 1. The molecule has 0 atom stereocenters. The Balaban J connectivity index is 2.25. The molecular formula is C12H11FN4O. The lowest BCUT2D eigenvalue weighted by atomic mass is 10.2. The van der Waals surface area contributed by atoms with Crippen LogP contribution in [-0.4, -0.2) is 15.9 Å². The first-order valence-electron chi connectivity index (χ1n) is 5.21. The van der Waals surface area contributed by atoms with Crippen LogP contribution in [0.25, 0.3) is 0 Å². The van der Waals surface area contributed by atoms with Gasteiger partial charge in [0.2, 0.25) is 0 Å². The van der Waals surface area contributed by atoms with Gasteiger partial charge in [0.05, 0.1) is 11.9 Å². The van der Waals surface area contributed by atoms with Crippen LogP contribution < -0.4 is 11.1 Å². The summed E-state index contributed by atoms with van der Waals surface area (Å²) < 4.78 is 13.3. The van der Waals surface area contributed by atoms with E-state index in [-0.39, 0.29) is 11.5 Å². The van der Waals surface area contributed by atoms with Gasteiger partial charge in [0.15, 0.2) is 5.82 Å². The van der Waals surface area contributed by atoms with Gasteiger partial charge in [-0.1, -0.05) is 0 Å². The number of amides is 1. The topological polar surface area (TPSA) is 80.9 Å². The number of anilines is 2. The number of aromatic nitrogens is 2. The van der Waals surface area contributed by atoms with E-state index in [9.17, 15) is 9.18 Å². The van der Waals surface area contributed by atoms with Crippen LogP contribution in [0.5, 0.6) is 0 Å². The lowest BCUT2D eigenvalue weighted by Crippen LogP contribution is -2.14. The standard InChI is InChI=1S/C12H11FN4O/c1-7-4-8(5-11(14)16-7)12(18)17-10-2-3-15-6-9(10)13/h2-6H,1H3,(H2,14,16)(H,15,17,18). The molecule has 0 saturated heterocycles. The summed E-state index contributed by atoms with van der Waals surface area (Å²) in [7, 11) is 0. The maximum absolute atomic E-state index is 13.3. The molecule has 0 radical (unpaired) electrons. The first-order chi connectivity index (χ1) is 8.56. The fourth-order valence-corrected chi connectivity index (χ4v) is 1.50. The van der Waals surface area contributed by atoms with Crippen molar-refractivity contribution >= 4 is 17.4 Å². The number of carbonyl (C=O) groups excluding carboxylic acids is 1. The highest BCUT2D eigenvalue weighted by atomic mass is 19.1. The summed E-state index contributed by atoms with van der Waals surface area (Å²) in [5.74, 6) is -0.794. The molecule has 18 heavy (non-hydrogen) atoms. The molecule has 0 unspecified atom stereocenters. The number of hydrogen-bond acceptors (Lipinski definition) is 4. The summed E-state index contributed by atoms with van der Waals surface area (Å²) in [6.45, 7) is 1.72. The minimum absolute atomic E-state index is 0.0723. The molecule has 0 fully saturated rings. The lowest BCUT2D eigenvalue weighted by Gasteiger charge is -2.07. The van der Waals surface area contributed by atoms with Gasteiger partial charge >= 0.3 is 0 Å². The molecule has 5 nitrogen and oxygen atoms in total. The molecular weight excluding hydrogens is 235 g/mol. The van der Waals surface area contributed by atoms with Gasteiger partial charge in [0.1, 0.15) is 5.82 Å². The fourth-order valence-electron chi connectivity index (χ4n) is 1.50. The summed E-state index contributed by atoms with van der Waals surface area (Å²) >= 11 is 0. The van der Waals surface area contributed by atoms with Gasteiger partial charge in [-0.2, -0.15) is 0 Å². The Morgan fingerprint density at radius 2 is 2.22 bits per heavy atom. The molecule has 2 aromatic rings. The Kier molecular flexibility index (Phi) is 3.18. The van der Waals surface area contributed by atoms with Crippen LogP contribution in [0.15, 0.2) is 30.6 Å². The molecule has 0 aliphatic heterocycles. The van der Waals surface area contributed by atoms with Crippen LogP contribution in [0, 0.1) is 12.7 Å². The summed E-state index contributed by atoms with van der Waals surface area (Å²) in [6.07, 6.45) is 2.42.